The van der Waals surface area contributed by atoms with Crippen molar-refractivity contribution in [1.82, 2.24) is 5.32 Å². The van der Waals surface area contributed by atoms with Crippen LogP contribution in [0.3, 0.4) is 0 Å². The summed E-state index contributed by atoms with van der Waals surface area (Å²) in [5, 5.41) is 13.6. The van der Waals surface area contributed by atoms with Gasteiger partial charge < -0.3 is 10.4 Å². The topological polar surface area (TPSA) is 32.3 Å². The van der Waals surface area contributed by atoms with Crippen molar-refractivity contribution in [2.75, 3.05) is 18.8 Å². The summed E-state index contributed by atoms with van der Waals surface area (Å²) in [6.45, 7) is 12.7. The number of hydrogen-bond acceptors (Lipinski definition) is 3. The largest absolute Gasteiger partial charge is 0.391 e. The van der Waals surface area contributed by atoms with Gasteiger partial charge in [0, 0.05) is 17.5 Å². The van der Waals surface area contributed by atoms with E-state index in [1.54, 1.807) is 0 Å². The van der Waals surface area contributed by atoms with Crippen LogP contribution in [-0.4, -0.2) is 35.3 Å². The van der Waals surface area contributed by atoms with Gasteiger partial charge in [-0.25, -0.2) is 0 Å². The molecule has 0 aliphatic rings. The zero-order valence-corrected chi connectivity index (χ0v) is 11.6. The van der Waals surface area contributed by atoms with E-state index >= 15 is 0 Å². The normalized spacial score (nSPS) is 16.0. The van der Waals surface area contributed by atoms with Crippen molar-refractivity contribution in [3.63, 3.8) is 0 Å². The molecular formula is C12H27NOS. The van der Waals surface area contributed by atoms with Crippen LogP contribution < -0.4 is 5.32 Å². The van der Waals surface area contributed by atoms with Crippen molar-refractivity contribution in [2.24, 2.45) is 11.8 Å². The summed E-state index contributed by atoms with van der Waals surface area (Å²) in [5.74, 6) is 2.18. The van der Waals surface area contributed by atoms with E-state index in [1.807, 2.05) is 11.8 Å². The van der Waals surface area contributed by atoms with E-state index in [1.165, 1.54) is 0 Å². The smallest absolute Gasteiger partial charge is 0.0754 e. The SMILES string of the molecule is CC(C)CNCC(O)CSC(C)C(C)C. The predicted molar refractivity (Wildman–Crippen MR) is 70.5 cm³/mol. The molecule has 0 aromatic rings. The Balaban J connectivity index is 3.44. The second-order valence-corrected chi connectivity index (χ2v) is 6.40. The standard InChI is InChI=1S/C12H27NOS/c1-9(2)6-13-7-12(14)8-15-11(5)10(3)4/h9-14H,6-8H2,1-5H3. The van der Waals surface area contributed by atoms with E-state index < -0.39 is 0 Å². The van der Waals surface area contributed by atoms with E-state index in [-0.39, 0.29) is 6.10 Å². The predicted octanol–water partition coefficient (Wildman–Crippen LogP) is 2.37. The number of nitrogens with one attached hydrogen (secondary N) is 1. The summed E-state index contributed by atoms with van der Waals surface area (Å²) in [6, 6.07) is 0. The van der Waals surface area contributed by atoms with E-state index in [2.05, 4.69) is 39.9 Å². The maximum Gasteiger partial charge on any atom is 0.0754 e. The van der Waals surface area contributed by atoms with Gasteiger partial charge in [-0.05, 0) is 18.4 Å². The summed E-state index contributed by atoms with van der Waals surface area (Å²) in [6.07, 6.45) is -0.213. The van der Waals surface area contributed by atoms with Gasteiger partial charge in [-0.2, -0.15) is 11.8 Å². The van der Waals surface area contributed by atoms with E-state index in [9.17, 15) is 5.11 Å². The molecule has 0 bridgehead atoms. The van der Waals surface area contributed by atoms with Gasteiger partial charge in [0.1, 0.15) is 0 Å². The minimum Gasteiger partial charge on any atom is -0.391 e. The molecule has 0 aromatic carbocycles. The Morgan fingerprint density at radius 1 is 1.07 bits per heavy atom. The van der Waals surface area contributed by atoms with Gasteiger partial charge in [0.25, 0.3) is 0 Å². The Labute approximate surface area is 99.2 Å². The summed E-state index contributed by atoms with van der Waals surface area (Å²) in [5.41, 5.74) is 0. The van der Waals surface area contributed by atoms with Gasteiger partial charge >= 0.3 is 0 Å². The molecule has 0 fully saturated rings. The Bertz CT molecular complexity index is 151. The van der Waals surface area contributed by atoms with Crippen LogP contribution in [0.25, 0.3) is 0 Å². The number of aliphatic hydroxyl groups is 1. The van der Waals surface area contributed by atoms with Crippen molar-refractivity contribution in [2.45, 2.75) is 46.0 Å². The third kappa shape index (κ3) is 9.21. The molecule has 92 valence electrons. The van der Waals surface area contributed by atoms with Crippen LogP contribution in [-0.2, 0) is 0 Å². The average Bonchev–Trinajstić information content (AvgIpc) is 2.13. The van der Waals surface area contributed by atoms with Gasteiger partial charge in [0.2, 0.25) is 0 Å². The Hall–Kier alpha value is 0.270. The zero-order valence-electron chi connectivity index (χ0n) is 10.8. The van der Waals surface area contributed by atoms with Crippen molar-refractivity contribution in [3.05, 3.63) is 0 Å². The van der Waals surface area contributed by atoms with Gasteiger partial charge in [0.15, 0.2) is 0 Å². The molecule has 0 amide bonds. The fourth-order valence-corrected chi connectivity index (χ4v) is 2.08. The molecular weight excluding hydrogens is 206 g/mol. The summed E-state index contributed by atoms with van der Waals surface area (Å²) >= 11 is 1.86. The number of rotatable bonds is 8. The quantitative estimate of drug-likeness (QED) is 0.675. The monoisotopic (exact) mass is 233 g/mol. The Kier molecular flexibility index (Phi) is 8.58. The number of thioether (sulfide) groups is 1. The van der Waals surface area contributed by atoms with Crippen LogP contribution in [0, 0.1) is 11.8 Å². The van der Waals surface area contributed by atoms with Gasteiger partial charge in [-0.15, -0.1) is 0 Å². The summed E-state index contributed by atoms with van der Waals surface area (Å²) in [7, 11) is 0. The third-order valence-electron chi connectivity index (χ3n) is 2.42. The lowest BCUT2D eigenvalue weighted by Gasteiger charge is -2.18. The molecule has 0 heterocycles. The fraction of sp³-hybridized carbons (Fsp3) is 1.00. The van der Waals surface area contributed by atoms with Crippen LogP contribution >= 0.6 is 11.8 Å². The van der Waals surface area contributed by atoms with E-state index in [0.717, 1.165) is 18.8 Å². The summed E-state index contributed by atoms with van der Waals surface area (Å²) in [4.78, 5) is 0. The van der Waals surface area contributed by atoms with Crippen LogP contribution in [0.15, 0.2) is 0 Å². The van der Waals surface area contributed by atoms with Crippen LogP contribution in [0.2, 0.25) is 0 Å². The highest BCUT2D eigenvalue weighted by Gasteiger charge is 2.10. The molecule has 0 saturated carbocycles. The molecule has 2 nitrogen and oxygen atoms in total. The second kappa shape index (κ2) is 8.43. The first-order valence-corrected chi connectivity index (χ1v) is 6.98. The molecule has 0 saturated heterocycles. The molecule has 15 heavy (non-hydrogen) atoms. The van der Waals surface area contributed by atoms with Crippen LogP contribution in [0.1, 0.15) is 34.6 Å². The first kappa shape index (κ1) is 15.3. The van der Waals surface area contributed by atoms with Crippen LogP contribution in [0.4, 0.5) is 0 Å². The number of hydrogen-bond donors (Lipinski definition) is 2. The second-order valence-electron chi connectivity index (χ2n) is 4.99. The molecule has 0 aliphatic carbocycles. The maximum atomic E-state index is 9.71. The first-order chi connectivity index (χ1) is 6.93. The van der Waals surface area contributed by atoms with Crippen molar-refractivity contribution >= 4 is 11.8 Å². The first-order valence-electron chi connectivity index (χ1n) is 5.93. The minimum atomic E-state index is -0.213. The van der Waals surface area contributed by atoms with E-state index in [0.29, 0.717) is 17.1 Å². The zero-order chi connectivity index (χ0) is 11.8. The molecule has 0 radical (unpaired) electrons. The average molecular weight is 233 g/mol. The lowest BCUT2D eigenvalue weighted by molar-refractivity contribution is 0.194. The molecule has 0 spiro atoms. The highest BCUT2D eigenvalue weighted by Crippen LogP contribution is 2.19. The molecule has 2 N–H and O–H groups in total. The van der Waals surface area contributed by atoms with Gasteiger partial charge in [0.05, 0.1) is 6.10 Å². The highest BCUT2D eigenvalue weighted by molar-refractivity contribution is 7.99. The van der Waals surface area contributed by atoms with Gasteiger partial charge in [-0.3, -0.25) is 0 Å². The van der Waals surface area contributed by atoms with Crippen molar-refractivity contribution < 1.29 is 5.11 Å². The molecule has 2 atom stereocenters. The lowest BCUT2D eigenvalue weighted by atomic mass is 10.2. The molecule has 0 aliphatic heterocycles. The molecule has 2 unspecified atom stereocenters. The lowest BCUT2D eigenvalue weighted by Crippen LogP contribution is -2.31. The van der Waals surface area contributed by atoms with Crippen molar-refractivity contribution in [1.29, 1.82) is 0 Å². The minimum absolute atomic E-state index is 0.213. The summed E-state index contributed by atoms with van der Waals surface area (Å²) < 4.78 is 0. The van der Waals surface area contributed by atoms with Crippen molar-refractivity contribution in [3.8, 4) is 0 Å². The van der Waals surface area contributed by atoms with Crippen LogP contribution in [0.5, 0.6) is 0 Å². The Morgan fingerprint density at radius 2 is 1.67 bits per heavy atom. The maximum absolute atomic E-state index is 9.71. The third-order valence-corrected chi connectivity index (χ3v) is 4.07. The number of aliphatic hydroxyl groups excluding tert-OH is 1. The van der Waals surface area contributed by atoms with E-state index in [4.69, 9.17) is 0 Å². The molecule has 0 aromatic heterocycles. The fourth-order valence-electron chi connectivity index (χ4n) is 1.05. The molecule has 3 heteroatoms. The Morgan fingerprint density at radius 3 is 2.13 bits per heavy atom. The molecule has 0 rings (SSSR count). The van der Waals surface area contributed by atoms with Gasteiger partial charge in [-0.1, -0.05) is 34.6 Å². The highest BCUT2D eigenvalue weighted by atomic mass is 32.2.